The lowest BCUT2D eigenvalue weighted by Gasteiger charge is -2.34. The summed E-state index contributed by atoms with van der Waals surface area (Å²) in [6.07, 6.45) is 0.616. The third-order valence-corrected chi connectivity index (χ3v) is 7.89. The van der Waals surface area contributed by atoms with E-state index in [-0.39, 0.29) is 40.7 Å². The standard InChI is InChI=1S/C23H19ClN4O3S/c1-13-17(8-7-14(10-25)20(13)24)28-22(30)21-18-9-15(27(21)23(28)31)11-26(18)19(29)12-32-16-5-3-2-4-6-16/h2-8,15,18,21H,9,11-12H2,1H3/t15-,18-,21-/m0/s1. The zero-order valence-electron chi connectivity index (χ0n) is 17.2. The molecule has 2 aromatic carbocycles. The van der Waals surface area contributed by atoms with E-state index < -0.39 is 6.04 Å². The number of anilines is 1. The fourth-order valence-electron chi connectivity index (χ4n) is 4.91. The van der Waals surface area contributed by atoms with Gasteiger partial charge in [-0.2, -0.15) is 5.26 Å². The van der Waals surface area contributed by atoms with Gasteiger partial charge in [0.1, 0.15) is 12.1 Å². The third kappa shape index (κ3) is 3.07. The Kier molecular flexibility index (Phi) is 5.11. The molecule has 162 valence electrons. The molecule has 5 rings (SSSR count). The Bertz CT molecular complexity index is 1180. The summed E-state index contributed by atoms with van der Waals surface area (Å²) < 4.78 is 0. The summed E-state index contributed by atoms with van der Waals surface area (Å²) in [5, 5.41) is 9.41. The molecular formula is C23H19ClN4O3S. The molecule has 3 fully saturated rings. The Morgan fingerprint density at radius 2 is 1.97 bits per heavy atom. The van der Waals surface area contributed by atoms with Crippen molar-refractivity contribution in [3.05, 3.63) is 58.6 Å². The highest BCUT2D eigenvalue weighted by atomic mass is 35.5. The highest BCUT2D eigenvalue weighted by molar-refractivity contribution is 8.00. The summed E-state index contributed by atoms with van der Waals surface area (Å²) in [7, 11) is 0. The highest BCUT2D eigenvalue weighted by Crippen LogP contribution is 2.43. The number of piperazine rings is 1. The summed E-state index contributed by atoms with van der Waals surface area (Å²) in [4.78, 5) is 45.0. The first kappa shape index (κ1) is 20.9. The van der Waals surface area contributed by atoms with Crippen molar-refractivity contribution in [3.63, 3.8) is 0 Å². The van der Waals surface area contributed by atoms with Crippen molar-refractivity contribution in [2.45, 2.75) is 36.4 Å². The van der Waals surface area contributed by atoms with Gasteiger partial charge < -0.3 is 9.80 Å². The Morgan fingerprint density at radius 1 is 1.22 bits per heavy atom. The molecule has 2 bridgehead atoms. The van der Waals surface area contributed by atoms with E-state index in [4.69, 9.17) is 11.6 Å². The number of nitrogens with zero attached hydrogens (tertiary/aromatic N) is 4. The maximum absolute atomic E-state index is 13.4. The molecule has 0 radical (unpaired) electrons. The van der Waals surface area contributed by atoms with E-state index in [1.54, 1.807) is 22.8 Å². The number of imide groups is 1. The van der Waals surface area contributed by atoms with Crippen molar-refractivity contribution < 1.29 is 14.4 Å². The molecule has 2 aromatic rings. The number of benzene rings is 2. The molecule has 32 heavy (non-hydrogen) atoms. The number of nitriles is 1. The molecule has 3 saturated heterocycles. The van der Waals surface area contributed by atoms with Crippen LogP contribution in [0.1, 0.15) is 17.5 Å². The van der Waals surface area contributed by atoms with E-state index in [1.165, 1.54) is 17.8 Å². The van der Waals surface area contributed by atoms with E-state index in [9.17, 15) is 19.6 Å². The summed E-state index contributed by atoms with van der Waals surface area (Å²) in [5.74, 6) is -0.0854. The molecule has 3 atom stereocenters. The van der Waals surface area contributed by atoms with Gasteiger partial charge in [0, 0.05) is 11.4 Å². The predicted octanol–water partition coefficient (Wildman–Crippen LogP) is 3.43. The largest absolute Gasteiger partial charge is 0.334 e. The number of likely N-dealkylation sites (tertiary alicyclic amines) is 1. The van der Waals surface area contributed by atoms with Crippen molar-refractivity contribution in [2.24, 2.45) is 0 Å². The normalized spacial score (nSPS) is 23.7. The average Bonchev–Trinajstić information content (AvgIpc) is 3.47. The molecule has 0 N–H and O–H groups in total. The molecule has 9 heteroatoms. The second kappa shape index (κ2) is 7.84. The van der Waals surface area contributed by atoms with Gasteiger partial charge in [0.2, 0.25) is 5.91 Å². The van der Waals surface area contributed by atoms with Crippen molar-refractivity contribution in [2.75, 3.05) is 17.2 Å². The lowest BCUT2D eigenvalue weighted by atomic mass is 10.1. The monoisotopic (exact) mass is 466 g/mol. The van der Waals surface area contributed by atoms with Gasteiger partial charge in [0.25, 0.3) is 5.91 Å². The quantitative estimate of drug-likeness (QED) is 0.509. The number of hydrogen-bond donors (Lipinski definition) is 0. The van der Waals surface area contributed by atoms with Gasteiger partial charge in [-0.05, 0) is 43.2 Å². The van der Waals surface area contributed by atoms with Gasteiger partial charge >= 0.3 is 6.03 Å². The van der Waals surface area contributed by atoms with Crippen LogP contribution in [0.15, 0.2) is 47.4 Å². The summed E-state index contributed by atoms with van der Waals surface area (Å²) in [6.45, 7) is 2.13. The van der Waals surface area contributed by atoms with E-state index >= 15 is 0 Å². The molecule has 0 unspecified atom stereocenters. The number of rotatable bonds is 4. The Balaban J connectivity index is 1.37. The maximum Gasteiger partial charge on any atom is 0.332 e. The summed E-state index contributed by atoms with van der Waals surface area (Å²) in [6, 6.07) is 13.2. The molecule has 0 spiro atoms. The Hall–Kier alpha value is -3.02. The van der Waals surface area contributed by atoms with Gasteiger partial charge in [-0.1, -0.05) is 29.8 Å². The lowest BCUT2D eigenvalue weighted by molar-refractivity contribution is -0.133. The third-order valence-electron chi connectivity index (χ3n) is 6.41. The van der Waals surface area contributed by atoms with Gasteiger partial charge in [0.05, 0.1) is 34.1 Å². The molecule has 4 amide bonds. The zero-order valence-corrected chi connectivity index (χ0v) is 18.8. The van der Waals surface area contributed by atoms with E-state index in [1.807, 2.05) is 36.4 Å². The number of hydrogen-bond acceptors (Lipinski definition) is 5. The summed E-state index contributed by atoms with van der Waals surface area (Å²) >= 11 is 7.74. The molecule has 0 aromatic heterocycles. The second-order valence-electron chi connectivity index (χ2n) is 8.10. The second-order valence-corrected chi connectivity index (χ2v) is 9.52. The smallest absolute Gasteiger partial charge is 0.332 e. The van der Waals surface area contributed by atoms with Crippen LogP contribution in [0.5, 0.6) is 0 Å². The van der Waals surface area contributed by atoms with Crippen LogP contribution in [0.4, 0.5) is 10.5 Å². The van der Waals surface area contributed by atoms with Gasteiger partial charge in [-0.3, -0.25) is 9.59 Å². The minimum atomic E-state index is -0.680. The first-order valence-corrected chi connectivity index (χ1v) is 11.6. The van der Waals surface area contributed by atoms with Gasteiger partial charge in [0.15, 0.2) is 0 Å². The molecule has 7 nitrogen and oxygen atoms in total. The van der Waals surface area contributed by atoms with Crippen LogP contribution in [-0.4, -0.2) is 58.1 Å². The Labute approximate surface area is 194 Å². The molecule has 3 heterocycles. The van der Waals surface area contributed by atoms with Gasteiger partial charge in [-0.25, -0.2) is 9.69 Å². The number of thioether (sulfide) groups is 1. The van der Waals surface area contributed by atoms with Crippen LogP contribution >= 0.6 is 23.4 Å². The first-order chi connectivity index (χ1) is 15.4. The highest BCUT2D eigenvalue weighted by Gasteiger charge is 2.62. The molecular weight excluding hydrogens is 448 g/mol. The van der Waals surface area contributed by atoms with Crippen molar-refractivity contribution in [3.8, 4) is 6.07 Å². The van der Waals surface area contributed by atoms with Crippen molar-refractivity contribution in [1.82, 2.24) is 9.80 Å². The SMILES string of the molecule is Cc1c(N2C(=O)[C@@H]3[C@@H]4C[C@@H](CN4C(=O)CSc4ccccc4)N3C2=O)ccc(C#N)c1Cl. The number of halogens is 1. The van der Waals surface area contributed by atoms with E-state index in [0.29, 0.717) is 29.8 Å². The maximum atomic E-state index is 13.4. The number of carbonyl (C=O) groups is 3. The van der Waals surface area contributed by atoms with Crippen LogP contribution < -0.4 is 4.90 Å². The lowest BCUT2D eigenvalue weighted by Crippen LogP contribution is -2.55. The minimum absolute atomic E-state index is 0.0256. The molecule has 3 aliphatic heterocycles. The first-order valence-electron chi connectivity index (χ1n) is 10.2. The average molecular weight is 467 g/mol. The Morgan fingerprint density at radius 3 is 2.69 bits per heavy atom. The van der Waals surface area contributed by atoms with E-state index in [0.717, 1.165) is 9.80 Å². The van der Waals surface area contributed by atoms with Crippen LogP contribution in [0, 0.1) is 18.3 Å². The summed E-state index contributed by atoms with van der Waals surface area (Å²) in [5.41, 5.74) is 1.18. The number of fused-ring (bicyclic) bond motifs is 5. The minimum Gasteiger partial charge on any atom is -0.334 e. The topological polar surface area (TPSA) is 84.7 Å². The van der Waals surface area contributed by atoms with Crippen LogP contribution in [0.25, 0.3) is 0 Å². The predicted molar refractivity (Wildman–Crippen MR) is 120 cm³/mol. The van der Waals surface area contributed by atoms with Crippen LogP contribution in [0.3, 0.4) is 0 Å². The van der Waals surface area contributed by atoms with E-state index in [2.05, 4.69) is 0 Å². The number of urea groups is 1. The number of carbonyl (C=O) groups excluding carboxylic acids is 3. The molecule has 0 aliphatic carbocycles. The van der Waals surface area contributed by atoms with Crippen LogP contribution in [0.2, 0.25) is 5.02 Å². The number of amides is 4. The zero-order chi connectivity index (χ0) is 22.6. The van der Waals surface area contributed by atoms with Crippen molar-refractivity contribution in [1.29, 1.82) is 5.26 Å². The molecule has 0 saturated carbocycles. The van der Waals surface area contributed by atoms with Crippen LogP contribution in [-0.2, 0) is 9.59 Å². The van der Waals surface area contributed by atoms with Crippen molar-refractivity contribution >= 4 is 46.9 Å². The fraction of sp³-hybridized carbons (Fsp3) is 0.304. The fourth-order valence-corrected chi connectivity index (χ4v) is 5.92. The van der Waals surface area contributed by atoms with Gasteiger partial charge in [-0.15, -0.1) is 11.8 Å². The molecule has 3 aliphatic rings.